The molecule has 0 radical (unpaired) electrons. The van der Waals surface area contributed by atoms with Crippen molar-refractivity contribution in [1.29, 1.82) is 0 Å². The van der Waals surface area contributed by atoms with E-state index in [4.69, 9.17) is 12.9 Å². The first kappa shape index (κ1) is 21.5. The molecule has 0 aromatic carbocycles. The normalized spacial score (nSPS) is 13.7. The maximum absolute atomic E-state index is 12.8. The van der Waals surface area contributed by atoms with E-state index >= 15 is 0 Å². The summed E-state index contributed by atoms with van der Waals surface area (Å²) in [6.07, 6.45) is 7.05. The Balaban J connectivity index is 4.27. The van der Waals surface area contributed by atoms with E-state index in [1.165, 1.54) is 25.7 Å². The molecule has 0 rings (SSSR count). The van der Waals surface area contributed by atoms with Crippen LogP contribution in [0.3, 0.4) is 0 Å². The van der Waals surface area contributed by atoms with Gasteiger partial charge in [0.15, 0.2) is 16.6 Å². The Morgan fingerprint density at radius 3 is 1.62 bits per heavy atom. The first-order valence-corrected chi connectivity index (χ1v) is 16.4. The largest absolute Gasteiger partial charge is 0.455 e. The Morgan fingerprint density at radius 2 is 1.19 bits per heavy atom. The van der Waals surface area contributed by atoms with E-state index in [0.29, 0.717) is 6.61 Å². The molecule has 4 nitrogen and oxygen atoms in total. The zero-order valence-corrected chi connectivity index (χ0v) is 17.9. The Labute approximate surface area is 133 Å². The summed E-state index contributed by atoms with van der Waals surface area (Å²) in [6.45, 7) is 14.7. The Bertz CT molecular complexity index is 304. The summed E-state index contributed by atoms with van der Waals surface area (Å²) < 4.78 is 29.8. The van der Waals surface area contributed by atoms with Crippen molar-refractivity contribution in [1.82, 2.24) is 0 Å². The molecule has 0 saturated heterocycles. The second-order valence-corrected chi connectivity index (χ2v) is 18.5. The van der Waals surface area contributed by atoms with Gasteiger partial charge in [-0.3, -0.25) is 4.52 Å². The number of rotatable bonds is 12. The van der Waals surface area contributed by atoms with Crippen molar-refractivity contribution in [3.8, 4) is 0 Å². The van der Waals surface area contributed by atoms with Gasteiger partial charge in [0.05, 0.1) is 6.61 Å². The summed E-state index contributed by atoms with van der Waals surface area (Å²) in [6, 6.07) is 0. The van der Waals surface area contributed by atoms with Crippen molar-refractivity contribution in [3.05, 3.63) is 0 Å². The fourth-order valence-electron chi connectivity index (χ4n) is 1.80. The average Bonchev–Trinajstić information content (AvgIpc) is 2.22. The van der Waals surface area contributed by atoms with Gasteiger partial charge in [0.1, 0.15) is 0 Å². The highest BCUT2D eigenvalue weighted by Crippen LogP contribution is 2.54. The van der Waals surface area contributed by atoms with Gasteiger partial charge in [-0.05, 0) is 45.7 Å². The average molecular weight is 355 g/mol. The third-order valence-electron chi connectivity index (χ3n) is 2.52. The molecular weight excluding hydrogens is 319 g/mol. The van der Waals surface area contributed by atoms with Crippen molar-refractivity contribution in [3.63, 3.8) is 0 Å². The third kappa shape index (κ3) is 13.9. The molecule has 0 aromatic heterocycles. The lowest BCUT2D eigenvalue weighted by Crippen LogP contribution is -2.30. The van der Waals surface area contributed by atoms with Gasteiger partial charge in [-0.15, -0.1) is 0 Å². The van der Waals surface area contributed by atoms with Crippen LogP contribution in [0.15, 0.2) is 0 Å². The number of unbranched alkanes of at least 4 members (excludes halogenated alkanes) is 5. The molecule has 0 saturated carbocycles. The predicted molar refractivity (Wildman–Crippen MR) is 95.8 cm³/mol. The zero-order valence-electron chi connectivity index (χ0n) is 15.0. The van der Waals surface area contributed by atoms with Gasteiger partial charge in [-0.1, -0.05) is 39.0 Å². The monoisotopic (exact) mass is 354 g/mol. The van der Waals surface area contributed by atoms with Crippen LogP contribution >= 0.6 is 7.82 Å². The molecule has 0 atom stereocenters. The van der Waals surface area contributed by atoms with Gasteiger partial charge in [0.2, 0.25) is 0 Å². The molecule has 0 fully saturated rings. The number of hydrogen-bond acceptors (Lipinski definition) is 4. The highest BCUT2D eigenvalue weighted by atomic mass is 31.2. The van der Waals surface area contributed by atoms with Crippen molar-refractivity contribution >= 4 is 24.5 Å². The van der Waals surface area contributed by atoms with Crippen molar-refractivity contribution in [2.45, 2.75) is 84.7 Å². The van der Waals surface area contributed by atoms with Crippen LogP contribution in [0.5, 0.6) is 0 Å². The maximum Gasteiger partial charge on any atom is 0.455 e. The molecule has 0 aliphatic carbocycles. The summed E-state index contributed by atoms with van der Waals surface area (Å²) >= 11 is 0. The molecule has 0 aliphatic heterocycles. The molecule has 0 amide bonds. The maximum atomic E-state index is 12.8. The molecule has 21 heavy (non-hydrogen) atoms. The summed E-state index contributed by atoms with van der Waals surface area (Å²) in [5.41, 5.74) is 0. The summed E-state index contributed by atoms with van der Waals surface area (Å²) in [4.78, 5) is 0. The van der Waals surface area contributed by atoms with Gasteiger partial charge < -0.3 is 8.43 Å². The molecule has 0 aliphatic rings. The standard InChI is InChI=1S/C14H35O4PSi2/c1-8-9-10-11-12-13-14-16-19(15,17-20(2,3)4)18-21(5,6)7/h8-14H2,1-7H3. The minimum absolute atomic E-state index is 0.457. The Hall–Kier alpha value is 0.544. The predicted octanol–water partition coefficient (Wildman–Crippen LogP) is 6.17. The molecule has 0 spiro atoms. The molecule has 0 aromatic rings. The van der Waals surface area contributed by atoms with Crippen molar-refractivity contribution < 1.29 is 17.5 Å². The second-order valence-electron chi connectivity index (χ2n) is 7.46. The smallest absolute Gasteiger partial charge is 0.331 e. The van der Waals surface area contributed by atoms with Gasteiger partial charge in [0, 0.05) is 0 Å². The van der Waals surface area contributed by atoms with E-state index in [2.05, 4.69) is 6.92 Å². The minimum atomic E-state index is -3.40. The molecular formula is C14H35O4PSi2. The van der Waals surface area contributed by atoms with E-state index in [1.54, 1.807) is 0 Å². The first-order valence-electron chi connectivity index (χ1n) is 8.13. The summed E-state index contributed by atoms with van der Waals surface area (Å²) in [5, 5.41) is 0. The van der Waals surface area contributed by atoms with E-state index in [-0.39, 0.29) is 0 Å². The van der Waals surface area contributed by atoms with Crippen LogP contribution in [0.2, 0.25) is 39.3 Å². The van der Waals surface area contributed by atoms with Crippen LogP contribution in [0.4, 0.5) is 0 Å². The molecule has 7 heteroatoms. The highest BCUT2D eigenvalue weighted by molar-refractivity contribution is 7.52. The van der Waals surface area contributed by atoms with Crippen LogP contribution < -0.4 is 0 Å². The lowest BCUT2D eigenvalue weighted by Gasteiger charge is -2.29. The van der Waals surface area contributed by atoms with Crippen LogP contribution in [-0.4, -0.2) is 23.2 Å². The van der Waals surface area contributed by atoms with Gasteiger partial charge in [-0.2, -0.15) is 0 Å². The fraction of sp³-hybridized carbons (Fsp3) is 1.00. The van der Waals surface area contributed by atoms with Crippen molar-refractivity contribution in [2.75, 3.05) is 6.61 Å². The number of hydrogen-bond donors (Lipinski definition) is 0. The van der Waals surface area contributed by atoms with Gasteiger partial charge in [-0.25, -0.2) is 4.57 Å². The molecule has 0 heterocycles. The summed E-state index contributed by atoms with van der Waals surface area (Å²) in [7, 11) is -7.34. The lowest BCUT2D eigenvalue weighted by molar-refractivity contribution is 0.202. The van der Waals surface area contributed by atoms with Gasteiger partial charge >= 0.3 is 7.82 Å². The number of phosphoric acid groups is 1. The Morgan fingerprint density at radius 1 is 0.762 bits per heavy atom. The lowest BCUT2D eigenvalue weighted by atomic mass is 10.1. The van der Waals surface area contributed by atoms with Crippen LogP contribution in [-0.2, 0) is 17.5 Å². The van der Waals surface area contributed by atoms with Crippen molar-refractivity contribution in [2.24, 2.45) is 0 Å². The van der Waals surface area contributed by atoms with E-state index in [9.17, 15) is 4.57 Å². The third-order valence-corrected chi connectivity index (χ3v) is 9.19. The van der Waals surface area contributed by atoms with E-state index in [0.717, 1.165) is 12.8 Å². The van der Waals surface area contributed by atoms with Crippen LogP contribution in [0.25, 0.3) is 0 Å². The SMILES string of the molecule is CCCCCCCCOP(=O)(O[Si](C)(C)C)O[Si](C)(C)C. The minimum Gasteiger partial charge on any atom is -0.331 e. The molecule has 0 bridgehead atoms. The molecule has 128 valence electrons. The van der Waals surface area contributed by atoms with E-state index in [1.807, 2.05) is 39.3 Å². The first-order chi connectivity index (χ1) is 9.47. The van der Waals surface area contributed by atoms with Crippen LogP contribution in [0, 0.1) is 0 Å². The highest BCUT2D eigenvalue weighted by Gasteiger charge is 2.37. The quantitative estimate of drug-likeness (QED) is 0.239. The van der Waals surface area contributed by atoms with E-state index < -0.39 is 24.5 Å². The fourth-order valence-corrected chi connectivity index (χ4v) is 8.43. The summed E-state index contributed by atoms with van der Waals surface area (Å²) in [5.74, 6) is 0. The topological polar surface area (TPSA) is 44.8 Å². The van der Waals surface area contributed by atoms with Gasteiger partial charge in [0.25, 0.3) is 0 Å². The molecule has 0 unspecified atom stereocenters. The Kier molecular flexibility index (Phi) is 9.88. The zero-order chi connectivity index (χ0) is 16.6. The van der Waals surface area contributed by atoms with Crippen LogP contribution in [0.1, 0.15) is 45.4 Å². The molecule has 0 N–H and O–H groups in total. The second kappa shape index (κ2) is 9.63.